The molecule has 8 nitrogen and oxygen atoms in total. The third kappa shape index (κ3) is 9.33. The summed E-state index contributed by atoms with van der Waals surface area (Å²) in [5.74, 6) is -0.700. The number of allylic oxidation sites excluding steroid dienone is 2. The first kappa shape index (κ1) is 25.8. The minimum atomic E-state index is -3.54. The van der Waals surface area contributed by atoms with Crippen LogP contribution in [0.2, 0.25) is 0 Å². The summed E-state index contributed by atoms with van der Waals surface area (Å²) in [4.78, 5) is 23.7. The van der Waals surface area contributed by atoms with Crippen LogP contribution in [0, 0.1) is 11.8 Å². The summed E-state index contributed by atoms with van der Waals surface area (Å²) < 4.78 is 29.4. The van der Waals surface area contributed by atoms with Crippen molar-refractivity contribution < 1.29 is 33.0 Å². The predicted octanol–water partition coefficient (Wildman–Crippen LogP) is 1.74. The highest BCUT2D eigenvalue weighted by molar-refractivity contribution is 7.89. The Kier molecular flexibility index (Phi) is 10.1. The van der Waals surface area contributed by atoms with Gasteiger partial charge in [0.25, 0.3) is 0 Å². The molecule has 1 aromatic rings. The maximum atomic E-state index is 12.3. The van der Waals surface area contributed by atoms with E-state index in [9.17, 15) is 28.2 Å². The Balaban J connectivity index is 1.78. The van der Waals surface area contributed by atoms with Gasteiger partial charge in [-0.25, -0.2) is 8.42 Å². The minimum absolute atomic E-state index is 0.0284. The fourth-order valence-electron chi connectivity index (χ4n) is 3.54. The molecule has 0 spiro atoms. The molecule has 1 aromatic carbocycles. The molecule has 9 heteroatoms. The molecule has 4 atom stereocenters. The molecule has 3 N–H and O–H groups in total. The van der Waals surface area contributed by atoms with Crippen LogP contribution in [0.15, 0.2) is 54.6 Å². The maximum absolute atomic E-state index is 12.3. The van der Waals surface area contributed by atoms with E-state index in [4.69, 9.17) is 4.74 Å². The highest BCUT2D eigenvalue weighted by Gasteiger charge is 2.39. The van der Waals surface area contributed by atoms with Crippen LogP contribution in [0.1, 0.15) is 32.1 Å². The van der Waals surface area contributed by atoms with Gasteiger partial charge in [0.15, 0.2) is 0 Å². The Labute approximate surface area is 189 Å². The average Bonchev–Trinajstić information content (AvgIpc) is 2.99. The van der Waals surface area contributed by atoms with Crippen molar-refractivity contribution in [3.05, 3.63) is 54.6 Å². The van der Waals surface area contributed by atoms with Crippen LogP contribution in [0.25, 0.3) is 0 Å². The van der Waals surface area contributed by atoms with Gasteiger partial charge in [-0.1, -0.05) is 42.5 Å². The maximum Gasteiger partial charge on any atom is 0.233 e. The van der Waals surface area contributed by atoms with Gasteiger partial charge in [-0.05, 0) is 31.4 Å². The zero-order valence-electron chi connectivity index (χ0n) is 18.1. The molecule has 32 heavy (non-hydrogen) atoms. The lowest BCUT2D eigenvalue weighted by Gasteiger charge is -2.17. The number of aliphatic hydroxyl groups is 2. The number of ether oxygens (including phenoxy) is 1. The molecule has 1 aliphatic carbocycles. The van der Waals surface area contributed by atoms with Crippen molar-refractivity contribution in [3.8, 4) is 5.75 Å². The van der Waals surface area contributed by atoms with Crippen LogP contribution in [-0.2, 0) is 19.6 Å². The summed E-state index contributed by atoms with van der Waals surface area (Å²) >= 11 is 0. The number of amides is 1. The molecule has 1 unspecified atom stereocenters. The molecule has 1 aliphatic rings. The molecule has 1 fully saturated rings. The molecule has 0 saturated heterocycles. The van der Waals surface area contributed by atoms with Crippen molar-refractivity contribution in [2.24, 2.45) is 11.8 Å². The van der Waals surface area contributed by atoms with E-state index >= 15 is 0 Å². The Morgan fingerprint density at radius 3 is 2.69 bits per heavy atom. The number of hydrogen-bond donors (Lipinski definition) is 3. The van der Waals surface area contributed by atoms with Gasteiger partial charge in [0.1, 0.15) is 24.2 Å². The lowest BCUT2D eigenvalue weighted by atomic mass is 9.90. The fourth-order valence-corrected chi connectivity index (χ4v) is 4.05. The number of sulfonamides is 1. The Morgan fingerprint density at radius 2 is 2.00 bits per heavy atom. The summed E-state index contributed by atoms with van der Waals surface area (Å²) in [6, 6.07) is 9.11. The van der Waals surface area contributed by atoms with Crippen LogP contribution in [-0.4, -0.2) is 55.4 Å². The first-order valence-corrected chi connectivity index (χ1v) is 12.5. The molecule has 176 valence electrons. The lowest BCUT2D eigenvalue weighted by Crippen LogP contribution is -2.28. The third-order valence-corrected chi connectivity index (χ3v) is 5.68. The Bertz CT molecular complexity index is 912. The number of Topliss-reactive ketones (excluding diaryl/α,β-unsaturated/α-hetero) is 1. The molecule has 0 aromatic heterocycles. The quantitative estimate of drug-likeness (QED) is 0.317. The molecule has 1 amide bonds. The lowest BCUT2D eigenvalue weighted by molar-refractivity contribution is -0.121. The molecular formula is C23H31NO7S. The van der Waals surface area contributed by atoms with Crippen LogP contribution >= 0.6 is 0 Å². The third-order valence-electron chi connectivity index (χ3n) is 5.08. The molecule has 0 bridgehead atoms. The van der Waals surface area contributed by atoms with Gasteiger partial charge in [-0.2, -0.15) is 0 Å². The second-order valence-electron chi connectivity index (χ2n) is 7.89. The number of benzene rings is 1. The Morgan fingerprint density at radius 1 is 1.28 bits per heavy atom. The fraction of sp³-hybridized carbons (Fsp3) is 0.478. The number of nitrogens with one attached hydrogen (secondary N) is 1. The van der Waals surface area contributed by atoms with E-state index in [0.717, 1.165) is 6.26 Å². The van der Waals surface area contributed by atoms with Gasteiger partial charge in [0.2, 0.25) is 15.9 Å². The van der Waals surface area contributed by atoms with E-state index in [1.165, 1.54) is 0 Å². The van der Waals surface area contributed by atoms with Crippen LogP contribution in [0.4, 0.5) is 0 Å². The number of unbranched alkanes of at least 4 members (excludes halogenated alkanes) is 1. The van der Waals surface area contributed by atoms with Crippen molar-refractivity contribution in [2.75, 3.05) is 12.9 Å². The van der Waals surface area contributed by atoms with E-state index < -0.39 is 28.1 Å². The zero-order valence-corrected chi connectivity index (χ0v) is 18.9. The average molecular weight is 466 g/mol. The molecule has 0 heterocycles. The summed E-state index contributed by atoms with van der Waals surface area (Å²) in [6.07, 6.45) is 7.84. The molecule has 2 rings (SSSR count). The number of carbonyl (C=O) groups excluding carboxylic acids is 2. The van der Waals surface area contributed by atoms with E-state index in [-0.39, 0.29) is 37.1 Å². The van der Waals surface area contributed by atoms with Crippen LogP contribution in [0.3, 0.4) is 0 Å². The van der Waals surface area contributed by atoms with E-state index in [1.54, 1.807) is 24.3 Å². The van der Waals surface area contributed by atoms with Gasteiger partial charge in [0, 0.05) is 24.7 Å². The summed E-state index contributed by atoms with van der Waals surface area (Å²) in [5, 5.41) is 20.4. The van der Waals surface area contributed by atoms with Crippen molar-refractivity contribution in [3.63, 3.8) is 0 Å². The number of hydrogen-bond acceptors (Lipinski definition) is 7. The highest BCUT2D eigenvalue weighted by atomic mass is 32.2. The summed E-state index contributed by atoms with van der Waals surface area (Å²) in [6.45, 7) is 0.0642. The molecule has 0 radical (unpaired) electrons. The first-order chi connectivity index (χ1) is 15.2. The second kappa shape index (κ2) is 12.5. The van der Waals surface area contributed by atoms with Crippen molar-refractivity contribution in [1.82, 2.24) is 4.72 Å². The van der Waals surface area contributed by atoms with Gasteiger partial charge >= 0.3 is 0 Å². The van der Waals surface area contributed by atoms with Crippen molar-refractivity contribution in [1.29, 1.82) is 0 Å². The highest BCUT2D eigenvalue weighted by Crippen LogP contribution is 2.33. The van der Waals surface area contributed by atoms with E-state index in [1.807, 2.05) is 35.1 Å². The van der Waals surface area contributed by atoms with Gasteiger partial charge in [-0.15, -0.1) is 0 Å². The normalized spacial score (nSPS) is 22.5. The molecule has 0 aliphatic heterocycles. The Hall–Kier alpha value is -2.49. The topological polar surface area (TPSA) is 130 Å². The molecule has 1 saturated carbocycles. The SMILES string of the molecule is CS(=O)(=O)NC(=O)CCC/C=C\C[C@H]1C(=O)C[C@H](O)[C@@H]1/C=C/C(O)COc1ccccc1. The van der Waals surface area contributed by atoms with Gasteiger partial charge in [0.05, 0.1) is 12.4 Å². The molecular weight excluding hydrogens is 434 g/mol. The number of aliphatic hydroxyl groups excluding tert-OH is 2. The minimum Gasteiger partial charge on any atom is -0.491 e. The summed E-state index contributed by atoms with van der Waals surface area (Å²) in [7, 11) is -3.54. The van der Waals surface area contributed by atoms with Crippen LogP contribution < -0.4 is 9.46 Å². The predicted molar refractivity (Wildman–Crippen MR) is 120 cm³/mol. The number of carbonyl (C=O) groups is 2. The first-order valence-electron chi connectivity index (χ1n) is 10.6. The van der Waals surface area contributed by atoms with Crippen LogP contribution in [0.5, 0.6) is 5.75 Å². The second-order valence-corrected chi connectivity index (χ2v) is 9.64. The number of ketones is 1. The smallest absolute Gasteiger partial charge is 0.233 e. The summed E-state index contributed by atoms with van der Waals surface area (Å²) in [5.41, 5.74) is 0. The largest absolute Gasteiger partial charge is 0.491 e. The van der Waals surface area contributed by atoms with Gasteiger partial charge in [-0.3, -0.25) is 14.3 Å². The van der Waals surface area contributed by atoms with E-state index in [2.05, 4.69) is 0 Å². The standard InChI is InChI=1S/C23H31NO7S/c1-32(29,30)24-23(28)12-8-3-2-7-11-19-20(22(27)15-21(19)26)14-13-17(25)16-31-18-9-5-4-6-10-18/h2,4-7,9-10,13-14,17,19-20,22,25,27H,3,8,11-12,15-16H2,1H3,(H,24,28)/b7-2-,14-13+/t17?,19-,20-,22+/m1/s1. The van der Waals surface area contributed by atoms with E-state index in [0.29, 0.717) is 25.0 Å². The zero-order chi connectivity index (χ0) is 23.6. The van der Waals surface area contributed by atoms with Crippen molar-refractivity contribution >= 4 is 21.7 Å². The van der Waals surface area contributed by atoms with Gasteiger partial charge < -0.3 is 14.9 Å². The van der Waals surface area contributed by atoms with Crippen molar-refractivity contribution in [2.45, 2.75) is 44.3 Å². The number of para-hydroxylation sites is 1. The number of rotatable bonds is 12. The monoisotopic (exact) mass is 465 g/mol.